The van der Waals surface area contributed by atoms with Gasteiger partial charge in [-0.15, -0.1) is 0 Å². The van der Waals surface area contributed by atoms with Crippen molar-refractivity contribution >= 4 is 33.6 Å². The summed E-state index contributed by atoms with van der Waals surface area (Å²) in [6.45, 7) is 0. The average molecular weight is 322 g/mol. The van der Waals surface area contributed by atoms with Crippen LogP contribution in [0.1, 0.15) is 5.76 Å². The van der Waals surface area contributed by atoms with Crippen molar-refractivity contribution in [3.05, 3.63) is 52.9 Å². The molecule has 0 saturated heterocycles. The molecule has 0 aliphatic carbocycles. The highest BCUT2D eigenvalue weighted by molar-refractivity contribution is 9.10. The van der Waals surface area contributed by atoms with E-state index in [9.17, 15) is 4.79 Å². The van der Waals surface area contributed by atoms with Gasteiger partial charge >= 0.3 is 0 Å². The topological polar surface area (TPSA) is 51.5 Å². The van der Waals surface area contributed by atoms with Gasteiger partial charge in [-0.3, -0.25) is 4.79 Å². The number of methoxy groups -OCH3 is 1. The van der Waals surface area contributed by atoms with E-state index in [-0.39, 0.29) is 5.91 Å². The van der Waals surface area contributed by atoms with Crippen molar-refractivity contribution in [3.8, 4) is 5.75 Å². The maximum Gasteiger partial charge on any atom is 0.248 e. The number of amides is 1. The zero-order valence-electron chi connectivity index (χ0n) is 10.2. The first kappa shape index (κ1) is 13.4. The minimum Gasteiger partial charge on any atom is -0.495 e. The second-order valence-electron chi connectivity index (χ2n) is 3.66. The summed E-state index contributed by atoms with van der Waals surface area (Å²) in [4.78, 5) is 11.8. The van der Waals surface area contributed by atoms with Crippen molar-refractivity contribution < 1.29 is 13.9 Å². The molecule has 1 N–H and O–H groups in total. The van der Waals surface area contributed by atoms with Gasteiger partial charge in [0.15, 0.2) is 4.67 Å². The molecule has 4 nitrogen and oxygen atoms in total. The SMILES string of the molecule is COc1ccccc1NC(=O)C=Cc1ccc(Br)o1. The van der Waals surface area contributed by atoms with Crippen molar-refractivity contribution in [2.75, 3.05) is 12.4 Å². The zero-order valence-corrected chi connectivity index (χ0v) is 11.8. The van der Waals surface area contributed by atoms with Gasteiger partial charge in [0.25, 0.3) is 0 Å². The number of carbonyl (C=O) groups is 1. The molecular weight excluding hydrogens is 310 g/mol. The number of anilines is 1. The van der Waals surface area contributed by atoms with Crippen LogP contribution in [0.3, 0.4) is 0 Å². The molecule has 1 heterocycles. The molecule has 2 rings (SSSR count). The largest absolute Gasteiger partial charge is 0.495 e. The molecule has 1 aromatic heterocycles. The number of carbonyl (C=O) groups excluding carboxylic acids is 1. The highest BCUT2D eigenvalue weighted by Crippen LogP contribution is 2.23. The molecule has 5 heteroatoms. The summed E-state index contributed by atoms with van der Waals surface area (Å²) < 4.78 is 11.0. The third-order valence-corrected chi connectivity index (χ3v) is 2.78. The lowest BCUT2D eigenvalue weighted by atomic mass is 10.3. The summed E-state index contributed by atoms with van der Waals surface area (Å²) in [6, 6.07) is 10.7. The van der Waals surface area contributed by atoms with Crippen LogP contribution in [0, 0.1) is 0 Å². The summed E-state index contributed by atoms with van der Waals surface area (Å²) in [5, 5.41) is 2.73. The highest BCUT2D eigenvalue weighted by atomic mass is 79.9. The van der Waals surface area contributed by atoms with Gasteiger partial charge in [0.2, 0.25) is 5.91 Å². The van der Waals surface area contributed by atoms with Crippen molar-refractivity contribution in [3.63, 3.8) is 0 Å². The van der Waals surface area contributed by atoms with Crippen molar-refractivity contribution in [1.82, 2.24) is 0 Å². The average Bonchev–Trinajstić information content (AvgIpc) is 2.83. The lowest BCUT2D eigenvalue weighted by molar-refractivity contribution is -0.111. The normalized spacial score (nSPS) is 10.6. The number of nitrogens with one attached hydrogen (secondary N) is 1. The third-order valence-electron chi connectivity index (χ3n) is 2.36. The highest BCUT2D eigenvalue weighted by Gasteiger charge is 2.04. The summed E-state index contributed by atoms with van der Waals surface area (Å²) in [7, 11) is 1.56. The Kier molecular flexibility index (Phi) is 4.41. The van der Waals surface area contributed by atoms with Gasteiger partial charge in [0, 0.05) is 6.08 Å². The minimum atomic E-state index is -0.253. The van der Waals surface area contributed by atoms with Gasteiger partial charge in [-0.25, -0.2) is 0 Å². The summed E-state index contributed by atoms with van der Waals surface area (Å²) in [5.74, 6) is 0.962. The van der Waals surface area contributed by atoms with Crippen LogP contribution in [0.4, 0.5) is 5.69 Å². The number of para-hydroxylation sites is 2. The molecule has 0 radical (unpaired) electrons. The van der Waals surface area contributed by atoms with E-state index < -0.39 is 0 Å². The number of hydrogen-bond acceptors (Lipinski definition) is 3. The molecule has 0 atom stereocenters. The molecule has 98 valence electrons. The van der Waals surface area contributed by atoms with Crippen LogP contribution >= 0.6 is 15.9 Å². The Bertz CT molecular complexity index is 604. The Balaban J connectivity index is 2.03. The quantitative estimate of drug-likeness (QED) is 0.873. The first-order chi connectivity index (χ1) is 9.19. The first-order valence-electron chi connectivity index (χ1n) is 5.56. The van der Waals surface area contributed by atoms with E-state index in [2.05, 4.69) is 21.2 Å². The molecule has 0 saturated carbocycles. The summed E-state index contributed by atoms with van der Waals surface area (Å²) >= 11 is 3.19. The fourth-order valence-corrected chi connectivity index (χ4v) is 1.82. The van der Waals surface area contributed by atoms with Gasteiger partial charge in [0.05, 0.1) is 12.8 Å². The second-order valence-corrected chi connectivity index (χ2v) is 4.45. The fourth-order valence-electron chi connectivity index (χ4n) is 1.50. The van der Waals surface area contributed by atoms with Crippen molar-refractivity contribution in [2.24, 2.45) is 0 Å². The van der Waals surface area contributed by atoms with E-state index >= 15 is 0 Å². The minimum absolute atomic E-state index is 0.253. The van der Waals surface area contributed by atoms with E-state index in [1.807, 2.05) is 12.1 Å². The maximum atomic E-state index is 11.8. The van der Waals surface area contributed by atoms with E-state index in [1.165, 1.54) is 6.08 Å². The van der Waals surface area contributed by atoms with E-state index in [4.69, 9.17) is 9.15 Å². The van der Waals surface area contributed by atoms with Crippen LogP contribution in [0.5, 0.6) is 5.75 Å². The molecule has 0 fully saturated rings. The summed E-state index contributed by atoms with van der Waals surface area (Å²) in [5.41, 5.74) is 0.625. The van der Waals surface area contributed by atoms with Crippen LogP contribution in [-0.2, 0) is 4.79 Å². The molecular formula is C14H12BrNO3. The Morgan fingerprint density at radius 2 is 2.11 bits per heavy atom. The molecule has 1 aromatic carbocycles. The number of rotatable bonds is 4. The molecule has 0 spiro atoms. The number of benzene rings is 1. The van der Waals surface area contributed by atoms with Crippen LogP contribution in [0.25, 0.3) is 6.08 Å². The van der Waals surface area contributed by atoms with Crippen LogP contribution in [-0.4, -0.2) is 13.0 Å². The van der Waals surface area contributed by atoms with E-state index in [0.29, 0.717) is 21.9 Å². The van der Waals surface area contributed by atoms with Gasteiger partial charge in [-0.2, -0.15) is 0 Å². The Morgan fingerprint density at radius 3 is 2.79 bits per heavy atom. The van der Waals surface area contributed by atoms with Gasteiger partial charge < -0.3 is 14.5 Å². The standard InChI is InChI=1S/C14H12BrNO3/c1-18-12-5-3-2-4-11(12)16-14(17)9-7-10-6-8-13(15)19-10/h2-9H,1H3,(H,16,17). The number of hydrogen-bond donors (Lipinski definition) is 1. The predicted octanol–water partition coefficient (Wildman–Crippen LogP) is 3.70. The number of halogens is 1. The molecule has 19 heavy (non-hydrogen) atoms. The lowest BCUT2D eigenvalue weighted by Gasteiger charge is -2.07. The smallest absolute Gasteiger partial charge is 0.248 e. The Hall–Kier alpha value is -2.01. The van der Waals surface area contributed by atoms with E-state index in [1.54, 1.807) is 37.5 Å². The number of ether oxygens (including phenoxy) is 1. The fraction of sp³-hybridized carbons (Fsp3) is 0.0714. The lowest BCUT2D eigenvalue weighted by Crippen LogP contribution is -2.08. The van der Waals surface area contributed by atoms with Crippen LogP contribution in [0.15, 0.2) is 51.6 Å². The molecule has 1 amide bonds. The summed E-state index contributed by atoms with van der Waals surface area (Å²) in [6.07, 6.45) is 2.99. The third kappa shape index (κ3) is 3.72. The van der Waals surface area contributed by atoms with Gasteiger partial charge in [-0.1, -0.05) is 12.1 Å². The Morgan fingerprint density at radius 1 is 1.32 bits per heavy atom. The molecule has 0 aliphatic rings. The molecule has 0 bridgehead atoms. The predicted molar refractivity (Wildman–Crippen MR) is 77.1 cm³/mol. The maximum absolute atomic E-state index is 11.8. The van der Waals surface area contributed by atoms with Gasteiger partial charge in [-0.05, 0) is 46.3 Å². The van der Waals surface area contributed by atoms with Crippen LogP contribution < -0.4 is 10.1 Å². The first-order valence-corrected chi connectivity index (χ1v) is 6.36. The van der Waals surface area contributed by atoms with E-state index in [0.717, 1.165) is 0 Å². The van der Waals surface area contributed by atoms with Crippen LogP contribution in [0.2, 0.25) is 0 Å². The van der Waals surface area contributed by atoms with Gasteiger partial charge in [0.1, 0.15) is 11.5 Å². The number of furan rings is 1. The second kappa shape index (κ2) is 6.24. The molecule has 2 aromatic rings. The molecule has 0 unspecified atom stereocenters. The monoisotopic (exact) mass is 321 g/mol. The molecule has 0 aliphatic heterocycles. The van der Waals surface area contributed by atoms with Crippen molar-refractivity contribution in [1.29, 1.82) is 0 Å². The van der Waals surface area contributed by atoms with Crippen molar-refractivity contribution in [2.45, 2.75) is 0 Å². The zero-order chi connectivity index (χ0) is 13.7. The Labute approximate surface area is 119 Å².